The third kappa shape index (κ3) is 7.96. The molecule has 0 spiro atoms. The number of nitrogens with two attached hydrogens (primary N) is 1. The molecule has 2 aromatic carbocycles. The topological polar surface area (TPSA) is 96.0 Å². The SMILES string of the molecule is CCCC(CC[C@@H](C)CCn1c(=O)ccc2c(N)cccc21)N(Cc1ccc2c(c1)OCCO2)C(=O)OC(C)(C)C. The largest absolute Gasteiger partial charge is 0.486 e. The second-order valence-corrected chi connectivity index (χ2v) is 12.1. The molecule has 222 valence electrons. The fourth-order valence-corrected chi connectivity index (χ4v) is 5.39. The van der Waals surface area contributed by atoms with Crippen molar-refractivity contribution in [2.75, 3.05) is 18.9 Å². The Labute approximate surface area is 243 Å². The number of carbonyl (C=O) groups is 1. The average molecular weight is 564 g/mol. The lowest BCUT2D eigenvalue weighted by atomic mass is 9.95. The van der Waals surface area contributed by atoms with Gasteiger partial charge in [0.2, 0.25) is 0 Å². The number of aryl methyl sites for hydroxylation is 1. The van der Waals surface area contributed by atoms with E-state index in [9.17, 15) is 9.59 Å². The van der Waals surface area contributed by atoms with Crippen molar-refractivity contribution in [3.05, 3.63) is 64.4 Å². The molecule has 2 atom stereocenters. The molecule has 8 nitrogen and oxygen atoms in total. The second kappa shape index (κ2) is 13.3. The zero-order valence-corrected chi connectivity index (χ0v) is 25.2. The van der Waals surface area contributed by atoms with Crippen LogP contribution in [0.15, 0.2) is 53.3 Å². The number of pyridine rings is 1. The first kappa shape index (κ1) is 30.3. The molecule has 1 unspecified atom stereocenters. The lowest BCUT2D eigenvalue weighted by molar-refractivity contribution is 0.0113. The third-order valence-corrected chi connectivity index (χ3v) is 7.55. The van der Waals surface area contributed by atoms with Crippen LogP contribution in [0.3, 0.4) is 0 Å². The molecular formula is C33H45N3O5. The highest BCUT2D eigenvalue weighted by Gasteiger charge is 2.29. The van der Waals surface area contributed by atoms with Crippen LogP contribution in [-0.4, -0.2) is 40.4 Å². The number of amides is 1. The monoisotopic (exact) mass is 563 g/mol. The maximum absolute atomic E-state index is 13.5. The van der Waals surface area contributed by atoms with Crippen LogP contribution in [0.25, 0.3) is 10.9 Å². The summed E-state index contributed by atoms with van der Waals surface area (Å²) in [6.45, 7) is 12.1. The van der Waals surface area contributed by atoms with Gasteiger partial charge in [-0.25, -0.2) is 4.79 Å². The molecule has 1 amide bonds. The summed E-state index contributed by atoms with van der Waals surface area (Å²) in [6, 6.07) is 15.0. The van der Waals surface area contributed by atoms with Gasteiger partial charge in [-0.3, -0.25) is 4.79 Å². The molecule has 8 heteroatoms. The van der Waals surface area contributed by atoms with Crippen LogP contribution in [0.5, 0.6) is 11.5 Å². The van der Waals surface area contributed by atoms with Crippen molar-refractivity contribution in [3.63, 3.8) is 0 Å². The van der Waals surface area contributed by atoms with Crippen LogP contribution in [0.1, 0.15) is 72.3 Å². The van der Waals surface area contributed by atoms with Gasteiger partial charge in [0.05, 0.1) is 5.52 Å². The number of carbonyl (C=O) groups excluding carboxylic acids is 1. The number of hydrogen-bond donors (Lipinski definition) is 1. The minimum Gasteiger partial charge on any atom is -0.486 e. The van der Waals surface area contributed by atoms with E-state index < -0.39 is 5.60 Å². The second-order valence-electron chi connectivity index (χ2n) is 12.1. The molecule has 3 aromatic rings. The van der Waals surface area contributed by atoms with Crippen molar-refractivity contribution in [2.45, 2.75) is 91.5 Å². The van der Waals surface area contributed by atoms with Gasteiger partial charge in [-0.2, -0.15) is 0 Å². The van der Waals surface area contributed by atoms with E-state index in [0.717, 1.165) is 54.3 Å². The van der Waals surface area contributed by atoms with Crippen molar-refractivity contribution in [1.29, 1.82) is 0 Å². The van der Waals surface area contributed by atoms with Gasteiger partial charge in [-0.15, -0.1) is 0 Å². The number of benzene rings is 2. The summed E-state index contributed by atoms with van der Waals surface area (Å²) < 4.78 is 19.2. The fourth-order valence-electron chi connectivity index (χ4n) is 5.39. The average Bonchev–Trinajstić information content (AvgIpc) is 2.92. The van der Waals surface area contributed by atoms with E-state index in [4.69, 9.17) is 19.9 Å². The van der Waals surface area contributed by atoms with E-state index in [1.54, 1.807) is 12.1 Å². The molecule has 1 aliphatic heterocycles. The summed E-state index contributed by atoms with van der Waals surface area (Å²) in [5.74, 6) is 1.80. The first-order valence-corrected chi connectivity index (χ1v) is 14.8. The number of rotatable bonds is 11. The van der Waals surface area contributed by atoms with Gasteiger partial charge in [0.25, 0.3) is 5.56 Å². The molecular weight excluding hydrogens is 518 g/mol. The first-order valence-electron chi connectivity index (χ1n) is 14.8. The van der Waals surface area contributed by atoms with E-state index in [1.807, 2.05) is 66.6 Å². The standard InChI is InChI=1S/C33H45N3O5/c1-6-8-25(13-11-23(2)17-18-35-28-10-7-9-27(34)26(28)14-16-31(35)37)36(32(38)41-33(3,4)5)22-24-12-15-29-30(21-24)40-20-19-39-29/h7,9-10,12,14-16,21,23,25H,6,8,11,13,17-20,22,34H2,1-5H3/t23-,25?/m1/s1. The fraction of sp³-hybridized carbons (Fsp3) is 0.515. The molecule has 2 heterocycles. The zero-order chi connectivity index (χ0) is 29.6. The Bertz CT molecular complexity index is 1390. The maximum atomic E-state index is 13.5. The first-order chi connectivity index (χ1) is 19.6. The van der Waals surface area contributed by atoms with E-state index in [1.165, 1.54) is 0 Å². The van der Waals surface area contributed by atoms with Crippen LogP contribution in [0, 0.1) is 5.92 Å². The highest BCUT2D eigenvalue weighted by molar-refractivity contribution is 5.90. The number of nitrogen functional groups attached to an aromatic ring is 1. The van der Waals surface area contributed by atoms with Gasteiger partial charge in [0, 0.05) is 36.3 Å². The van der Waals surface area contributed by atoms with Crippen molar-refractivity contribution >= 4 is 22.7 Å². The summed E-state index contributed by atoms with van der Waals surface area (Å²) in [7, 11) is 0. The molecule has 0 saturated heterocycles. The molecule has 4 rings (SSSR count). The summed E-state index contributed by atoms with van der Waals surface area (Å²) in [4.78, 5) is 28.1. The van der Waals surface area contributed by atoms with E-state index in [0.29, 0.717) is 43.7 Å². The molecule has 0 fully saturated rings. The Hall–Kier alpha value is -3.68. The van der Waals surface area contributed by atoms with Crippen LogP contribution in [-0.2, 0) is 17.8 Å². The van der Waals surface area contributed by atoms with Crippen molar-refractivity contribution in [1.82, 2.24) is 9.47 Å². The smallest absolute Gasteiger partial charge is 0.410 e. The molecule has 0 radical (unpaired) electrons. The van der Waals surface area contributed by atoms with Gasteiger partial charge < -0.3 is 29.4 Å². The number of fused-ring (bicyclic) bond motifs is 2. The normalized spacial score (nSPS) is 14.5. The molecule has 1 aromatic heterocycles. The lowest BCUT2D eigenvalue weighted by Crippen LogP contribution is -2.43. The maximum Gasteiger partial charge on any atom is 0.410 e. The van der Waals surface area contributed by atoms with Gasteiger partial charge in [0.15, 0.2) is 11.5 Å². The van der Waals surface area contributed by atoms with Gasteiger partial charge >= 0.3 is 6.09 Å². The number of nitrogens with zero attached hydrogens (tertiary/aromatic N) is 2. The van der Waals surface area contributed by atoms with Gasteiger partial charge in [-0.05, 0) is 88.3 Å². The van der Waals surface area contributed by atoms with E-state index >= 15 is 0 Å². The molecule has 0 bridgehead atoms. The molecule has 0 aliphatic carbocycles. The highest BCUT2D eigenvalue weighted by Crippen LogP contribution is 2.32. The lowest BCUT2D eigenvalue weighted by Gasteiger charge is -2.34. The summed E-state index contributed by atoms with van der Waals surface area (Å²) in [5, 5.41) is 0.898. The minimum absolute atomic E-state index is 0.0188. The quantitative estimate of drug-likeness (QED) is 0.259. The Morgan fingerprint density at radius 1 is 1.02 bits per heavy atom. The van der Waals surface area contributed by atoms with Crippen molar-refractivity contribution < 1.29 is 19.0 Å². The van der Waals surface area contributed by atoms with Crippen LogP contribution in [0.4, 0.5) is 10.5 Å². The molecule has 0 saturated carbocycles. The minimum atomic E-state index is -0.596. The molecule has 41 heavy (non-hydrogen) atoms. The van der Waals surface area contributed by atoms with Crippen LogP contribution < -0.4 is 20.8 Å². The summed E-state index contributed by atoms with van der Waals surface area (Å²) in [5.41, 5.74) is 8.05. The summed E-state index contributed by atoms with van der Waals surface area (Å²) in [6.07, 6.45) is 4.13. The Morgan fingerprint density at radius 2 is 1.78 bits per heavy atom. The molecule has 1 aliphatic rings. The predicted octanol–water partition coefficient (Wildman–Crippen LogP) is 6.77. The third-order valence-electron chi connectivity index (χ3n) is 7.55. The highest BCUT2D eigenvalue weighted by atomic mass is 16.6. The number of anilines is 1. The molecule has 2 N–H and O–H groups in total. The number of ether oxygens (including phenoxy) is 3. The van der Waals surface area contributed by atoms with Crippen LogP contribution in [0.2, 0.25) is 0 Å². The number of aromatic nitrogens is 1. The van der Waals surface area contributed by atoms with Crippen molar-refractivity contribution in [3.8, 4) is 11.5 Å². The Kier molecular flexibility index (Phi) is 9.84. The Balaban J connectivity index is 1.47. The van der Waals surface area contributed by atoms with Gasteiger partial charge in [0.1, 0.15) is 18.8 Å². The van der Waals surface area contributed by atoms with E-state index in [-0.39, 0.29) is 17.7 Å². The number of hydrogen-bond acceptors (Lipinski definition) is 6. The van der Waals surface area contributed by atoms with E-state index in [2.05, 4.69) is 13.8 Å². The summed E-state index contributed by atoms with van der Waals surface area (Å²) >= 11 is 0. The Morgan fingerprint density at radius 3 is 2.51 bits per heavy atom. The van der Waals surface area contributed by atoms with Crippen LogP contribution >= 0.6 is 0 Å². The van der Waals surface area contributed by atoms with Crippen molar-refractivity contribution in [2.24, 2.45) is 5.92 Å². The predicted molar refractivity (Wildman–Crippen MR) is 164 cm³/mol. The van der Waals surface area contributed by atoms with Gasteiger partial charge in [-0.1, -0.05) is 32.4 Å². The zero-order valence-electron chi connectivity index (χ0n) is 25.2.